The number of carbonyl (C=O) groups excluding carboxylic acids is 1. The lowest BCUT2D eigenvalue weighted by atomic mass is 10.1. The number of rotatable bonds is 4. The largest absolute Gasteiger partial charge is 0.495 e. The highest BCUT2D eigenvalue weighted by molar-refractivity contribution is 9.10. The lowest BCUT2D eigenvalue weighted by Gasteiger charge is -2.24. The van der Waals surface area contributed by atoms with Crippen LogP contribution in [0.5, 0.6) is 5.75 Å². The van der Waals surface area contributed by atoms with Crippen molar-refractivity contribution in [1.29, 1.82) is 0 Å². The van der Waals surface area contributed by atoms with E-state index >= 15 is 0 Å². The van der Waals surface area contributed by atoms with Crippen molar-refractivity contribution < 1.29 is 9.53 Å². The number of carbonyl (C=O) groups is 1. The molecular formula is C19H23BrClNO2. The van der Waals surface area contributed by atoms with Gasteiger partial charge in [-0.15, -0.1) is 0 Å². The van der Waals surface area contributed by atoms with Crippen LogP contribution >= 0.6 is 27.5 Å². The Morgan fingerprint density at radius 1 is 1.21 bits per heavy atom. The zero-order valence-electron chi connectivity index (χ0n) is 14.7. The van der Waals surface area contributed by atoms with Gasteiger partial charge in [0.2, 0.25) is 5.91 Å². The molecule has 0 saturated heterocycles. The molecule has 2 rings (SSSR count). The average molecular weight is 413 g/mol. The van der Waals surface area contributed by atoms with Crippen LogP contribution in [0.4, 0.5) is 5.69 Å². The molecule has 0 spiro atoms. The van der Waals surface area contributed by atoms with E-state index in [-0.39, 0.29) is 5.91 Å². The molecular weight excluding hydrogens is 390 g/mol. The monoisotopic (exact) mass is 411 g/mol. The molecule has 0 aliphatic heterocycles. The quantitative estimate of drug-likeness (QED) is 0.616. The summed E-state index contributed by atoms with van der Waals surface area (Å²) in [6.45, 7) is 8.02. The summed E-state index contributed by atoms with van der Waals surface area (Å²) in [7, 11) is 1.58. The molecule has 3 nitrogen and oxygen atoms in total. The topological polar surface area (TPSA) is 29.5 Å². The Morgan fingerprint density at radius 2 is 1.88 bits per heavy atom. The van der Waals surface area contributed by atoms with E-state index in [0.717, 1.165) is 15.6 Å². The third-order valence-electron chi connectivity index (χ3n) is 3.44. The lowest BCUT2D eigenvalue weighted by molar-refractivity contribution is -0.116. The third kappa shape index (κ3) is 5.25. The highest BCUT2D eigenvalue weighted by Gasteiger charge is 2.18. The first-order chi connectivity index (χ1) is 11.4. The number of nitrogens with zero attached hydrogens (tertiary/aromatic N) is 1. The maximum atomic E-state index is 12.1. The number of methoxy groups -OCH3 is 1. The third-order valence-corrected chi connectivity index (χ3v) is 4.17. The molecule has 0 aliphatic carbocycles. The van der Waals surface area contributed by atoms with Crippen molar-refractivity contribution in [3.8, 4) is 5.75 Å². The van der Waals surface area contributed by atoms with E-state index < -0.39 is 0 Å². The standard InChI is InChI=1S/C17H17BrClNO2.C2H6/c1-11-8-14(18)5-4-13(11)10-20(12(2)21)16-9-15(19)6-7-17(16)22-3;1-2/h4-9H,10H2,1-3H3;1-2H3. The van der Waals surface area contributed by atoms with Gasteiger partial charge in [0.25, 0.3) is 0 Å². The van der Waals surface area contributed by atoms with Gasteiger partial charge in [-0.3, -0.25) is 4.79 Å². The molecule has 2 aromatic carbocycles. The fraction of sp³-hybridized carbons (Fsp3) is 0.316. The highest BCUT2D eigenvalue weighted by Crippen LogP contribution is 2.33. The maximum absolute atomic E-state index is 12.1. The summed E-state index contributed by atoms with van der Waals surface area (Å²) in [4.78, 5) is 13.8. The molecule has 0 unspecified atom stereocenters. The van der Waals surface area contributed by atoms with Crippen LogP contribution in [0.1, 0.15) is 31.9 Å². The predicted octanol–water partition coefficient (Wildman–Crippen LogP) is 6.00. The summed E-state index contributed by atoms with van der Waals surface area (Å²) in [5, 5.41) is 0.564. The first kappa shape index (κ1) is 20.5. The summed E-state index contributed by atoms with van der Waals surface area (Å²) in [6, 6.07) is 11.3. The molecule has 0 aromatic heterocycles. The fourth-order valence-electron chi connectivity index (χ4n) is 2.25. The van der Waals surface area contributed by atoms with Gasteiger partial charge >= 0.3 is 0 Å². The number of hydrogen-bond acceptors (Lipinski definition) is 2. The van der Waals surface area contributed by atoms with Gasteiger partial charge in [-0.2, -0.15) is 0 Å². The van der Waals surface area contributed by atoms with Crippen molar-refractivity contribution in [3.63, 3.8) is 0 Å². The van der Waals surface area contributed by atoms with Crippen LogP contribution in [0, 0.1) is 6.92 Å². The van der Waals surface area contributed by atoms with Gasteiger partial charge < -0.3 is 9.64 Å². The minimum atomic E-state index is -0.0668. The first-order valence-corrected chi connectivity index (χ1v) is 8.96. The molecule has 0 bridgehead atoms. The minimum Gasteiger partial charge on any atom is -0.495 e. The number of anilines is 1. The van der Waals surface area contributed by atoms with Gasteiger partial charge in [0, 0.05) is 16.4 Å². The zero-order valence-corrected chi connectivity index (χ0v) is 17.0. The van der Waals surface area contributed by atoms with Crippen molar-refractivity contribution in [2.24, 2.45) is 0 Å². The van der Waals surface area contributed by atoms with E-state index in [2.05, 4.69) is 15.9 Å². The zero-order chi connectivity index (χ0) is 18.3. The summed E-state index contributed by atoms with van der Waals surface area (Å²) >= 11 is 9.53. The Balaban J connectivity index is 0.00000139. The predicted molar refractivity (Wildman–Crippen MR) is 105 cm³/mol. The molecule has 0 atom stereocenters. The summed E-state index contributed by atoms with van der Waals surface area (Å²) in [6.07, 6.45) is 0. The van der Waals surface area contributed by atoms with Crippen LogP contribution in [0.3, 0.4) is 0 Å². The Hall–Kier alpha value is -1.52. The van der Waals surface area contributed by atoms with Crippen LogP contribution in [-0.4, -0.2) is 13.0 Å². The van der Waals surface area contributed by atoms with E-state index in [1.807, 2.05) is 39.0 Å². The van der Waals surface area contributed by atoms with Crippen molar-refractivity contribution >= 4 is 39.1 Å². The fourth-order valence-corrected chi connectivity index (χ4v) is 2.89. The molecule has 24 heavy (non-hydrogen) atoms. The van der Waals surface area contributed by atoms with Crippen LogP contribution in [0.25, 0.3) is 0 Å². The van der Waals surface area contributed by atoms with E-state index in [4.69, 9.17) is 16.3 Å². The molecule has 5 heteroatoms. The second-order valence-electron chi connectivity index (χ2n) is 4.99. The van der Waals surface area contributed by atoms with Gasteiger partial charge in [0.1, 0.15) is 5.75 Å². The summed E-state index contributed by atoms with van der Waals surface area (Å²) < 4.78 is 6.38. The van der Waals surface area contributed by atoms with Gasteiger partial charge in [-0.1, -0.05) is 47.4 Å². The van der Waals surface area contributed by atoms with Gasteiger partial charge in [0.05, 0.1) is 19.3 Å². The normalized spacial score (nSPS) is 9.79. The van der Waals surface area contributed by atoms with Crippen LogP contribution in [0.15, 0.2) is 40.9 Å². The van der Waals surface area contributed by atoms with Crippen molar-refractivity contribution in [3.05, 3.63) is 57.0 Å². The van der Waals surface area contributed by atoms with E-state index in [1.165, 1.54) is 6.92 Å². The molecule has 130 valence electrons. The van der Waals surface area contributed by atoms with E-state index in [1.54, 1.807) is 30.2 Å². The van der Waals surface area contributed by atoms with Crippen LogP contribution in [-0.2, 0) is 11.3 Å². The van der Waals surface area contributed by atoms with E-state index in [9.17, 15) is 4.79 Å². The molecule has 0 N–H and O–H groups in total. The highest BCUT2D eigenvalue weighted by atomic mass is 79.9. The van der Waals surface area contributed by atoms with Crippen LogP contribution < -0.4 is 9.64 Å². The molecule has 0 radical (unpaired) electrons. The smallest absolute Gasteiger partial charge is 0.224 e. The number of amides is 1. The maximum Gasteiger partial charge on any atom is 0.224 e. The van der Waals surface area contributed by atoms with Crippen molar-refractivity contribution in [2.75, 3.05) is 12.0 Å². The number of hydrogen-bond donors (Lipinski definition) is 0. The Bertz CT molecular complexity index is 704. The molecule has 1 amide bonds. The molecule has 0 saturated carbocycles. The van der Waals surface area contributed by atoms with Crippen LogP contribution in [0.2, 0.25) is 5.02 Å². The van der Waals surface area contributed by atoms with E-state index in [0.29, 0.717) is 23.0 Å². The van der Waals surface area contributed by atoms with Gasteiger partial charge in [0.15, 0.2) is 0 Å². The second kappa shape index (κ2) is 9.70. The van der Waals surface area contributed by atoms with Gasteiger partial charge in [-0.25, -0.2) is 0 Å². The molecule has 2 aromatic rings. The Labute approximate surface area is 157 Å². The minimum absolute atomic E-state index is 0.0668. The van der Waals surface area contributed by atoms with Crippen molar-refractivity contribution in [1.82, 2.24) is 0 Å². The Kier molecular flexibility index (Phi) is 8.29. The number of aryl methyl sites for hydroxylation is 1. The SMILES string of the molecule is CC.COc1ccc(Cl)cc1N(Cc1ccc(Br)cc1C)C(C)=O. The number of ether oxygens (including phenoxy) is 1. The number of benzene rings is 2. The molecule has 0 heterocycles. The lowest BCUT2D eigenvalue weighted by Crippen LogP contribution is -2.28. The summed E-state index contributed by atoms with van der Waals surface area (Å²) in [5.74, 6) is 0.553. The molecule has 0 fully saturated rings. The average Bonchev–Trinajstić information content (AvgIpc) is 2.55. The number of halogens is 2. The van der Waals surface area contributed by atoms with Crippen molar-refractivity contribution in [2.45, 2.75) is 34.2 Å². The second-order valence-corrected chi connectivity index (χ2v) is 6.34. The summed E-state index contributed by atoms with van der Waals surface area (Å²) in [5.41, 5.74) is 2.85. The first-order valence-electron chi connectivity index (χ1n) is 7.79. The molecule has 0 aliphatic rings. The van der Waals surface area contributed by atoms with Gasteiger partial charge in [-0.05, 0) is 48.4 Å². The Morgan fingerprint density at radius 3 is 2.42 bits per heavy atom.